The van der Waals surface area contributed by atoms with E-state index < -0.39 is 18.5 Å². The third kappa shape index (κ3) is 5.07. The van der Waals surface area contributed by atoms with Gasteiger partial charge in [-0.2, -0.15) is 5.10 Å². The van der Waals surface area contributed by atoms with E-state index in [2.05, 4.69) is 29.4 Å². The van der Waals surface area contributed by atoms with Crippen molar-refractivity contribution >= 4 is 28.3 Å². The second kappa shape index (κ2) is 9.14. The van der Waals surface area contributed by atoms with Gasteiger partial charge in [0.05, 0.1) is 17.5 Å². The van der Waals surface area contributed by atoms with Gasteiger partial charge in [-0.05, 0) is 36.1 Å². The molecule has 29 heavy (non-hydrogen) atoms. The van der Waals surface area contributed by atoms with Crippen molar-refractivity contribution in [3.8, 4) is 0 Å². The predicted molar refractivity (Wildman–Crippen MR) is 111 cm³/mol. The number of aromatic amines is 1. The number of carbonyl (C=O) groups excluding carboxylic acids is 2. The highest BCUT2D eigenvalue weighted by molar-refractivity contribution is 5.93. The van der Waals surface area contributed by atoms with E-state index in [4.69, 9.17) is 4.74 Å². The van der Waals surface area contributed by atoms with Gasteiger partial charge in [-0.25, -0.2) is 5.10 Å². The lowest BCUT2D eigenvalue weighted by Gasteiger charge is -2.11. The molecule has 2 aromatic carbocycles. The van der Waals surface area contributed by atoms with Crippen molar-refractivity contribution in [1.82, 2.24) is 10.2 Å². The second-order valence-corrected chi connectivity index (χ2v) is 6.86. The number of hydrogen-bond donors (Lipinski definition) is 2. The maximum absolute atomic E-state index is 12.1. The molecule has 1 amide bonds. The molecule has 0 aliphatic rings. The van der Waals surface area contributed by atoms with E-state index in [-0.39, 0.29) is 12.0 Å². The van der Waals surface area contributed by atoms with Crippen molar-refractivity contribution in [1.29, 1.82) is 0 Å². The minimum absolute atomic E-state index is 0.145. The van der Waals surface area contributed by atoms with Crippen molar-refractivity contribution in [2.75, 3.05) is 11.9 Å². The van der Waals surface area contributed by atoms with E-state index >= 15 is 0 Å². The molecule has 0 bridgehead atoms. The van der Waals surface area contributed by atoms with Crippen LogP contribution in [0, 0.1) is 0 Å². The maximum atomic E-state index is 12.1. The number of carbonyl (C=O) groups is 2. The summed E-state index contributed by atoms with van der Waals surface area (Å²) in [6, 6.07) is 14.5. The highest BCUT2D eigenvalue weighted by Gasteiger charge is 2.13. The topological polar surface area (TPSA) is 101 Å². The van der Waals surface area contributed by atoms with Crippen LogP contribution in [-0.4, -0.2) is 28.7 Å². The Balaban J connectivity index is 1.55. The quantitative estimate of drug-likeness (QED) is 0.601. The minimum atomic E-state index is -0.600. The van der Waals surface area contributed by atoms with Crippen LogP contribution in [0.15, 0.2) is 53.3 Å². The van der Waals surface area contributed by atoms with Crippen LogP contribution in [0.25, 0.3) is 10.8 Å². The van der Waals surface area contributed by atoms with Gasteiger partial charge in [-0.3, -0.25) is 14.4 Å². The highest BCUT2D eigenvalue weighted by atomic mass is 16.5. The SMILES string of the molecule is CC[C@@H](C)c1ccc(NC(=O)COC(=O)Cc2n[nH]c(=O)c3ccccc23)cc1. The Morgan fingerprint density at radius 2 is 1.79 bits per heavy atom. The molecule has 7 heteroatoms. The standard InChI is InChI=1S/C22H23N3O4/c1-3-14(2)15-8-10-16(11-9-15)23-20(26)13-29-21(27)12-19-17-6-4-5-7-18(17)22(28)25-24-19/h4-11,14H,3,12-13H2,1-2H3,(H,23,26)(H,25,28)/t14-/m1/s1. The molecule has 0 saturated carbocycles. The number of nitrogens with one attached hydrogen (secondary N) is 2. The molecule has 7 nitrogen and oxygen atoms in total. The van der Waals surface area contributed by atoms with E-state index in [9.17, 15) is 14.4 Å². The Hall–Kier alpha value is -3.48. The summed E-state index contributed by atoms with van der Waals surface area (Å²) in [5.41, 5.74) is 1.92. The number of esters is 1. The fourth-order valence-electron chi connectivity index (χ4n) is 2.97. The van der Waals surface area contributed by atoms with E-state index in [0.717, 1.165) is 6.42 Å². The van der Waals surface area contributed by atoms with Gasteiger partial charge >= 0.3 is 5.97 Å². The van der Waals surface area contributed by atoms with Crippen LogP contribution >= 0.6 is 0 Å². The van der Waals surface area contributed by atoms with Crippen molar-refractivity contribution in [3.05, 3.63) is 70.1 Å². The summed E-state index contributed by atoms with van der Waals surface area (Å²) in [5.74, 6) is -0.566. The minimum Gasteiger partial charge on any atom is -0.455 e. The largest absolute Gasteiger partial charge is 0.455 e. The number of fused-ring (bicyclic) bond motifs is 1. The Morgan fingerprint density at radius 3 is 2.48 bits per heavy atom. The van der Waals surface area contributed by atoms with E-state index in [1.54, 1.807) is 24.3 Å². The molecule has 1 heterocycles. The molecule has 2 N–H and O–H groups in total. The van der Waals surface area contributed by atoms with Gasteiger partial charge in [-0.1, -0.05) is 44.2 Å². The molecule has 0 unspecified atom stereocenters. The van der Waals surface area contributed by atoms with Crippen LogP contribution in [0.5, 0.6) is 0 Å². The molecule has 3 rings (SSSR count). The van der Waals surface area contributed by atoms with Crippen molar-refractivity contribution in [2.45, 2.75) is 32.6 Å². The lowest BCUT2D eigenvalue weighted by molar-refractivity contribution is -0.146. The molecule has 0 radical (unpaired) electrons. The van der Waals surface area contributed by atoms with Crippen LogP contribution in [0.4, 0.5) is 5.69 Å². The zero-order valence-electron chi connectivity index (χ0n) is 16.4. The smallest absolute Gasteiger partial charge is 0.312 e. The zero-order chi connectivity index (χ0) is 20.8. The summed E-state index contributed by atoms with van der Waals surface area (Å²) in [5, 5.41) is 10.0. The number of anilines is 1. The third-order valence-corrected chi connectivity index (χ3v) is 4.83. The molecule has 3 aromatic rings. The van der Waals surface area contributed by atoms with Gasteiger partial charge in [0.1, 0.15) is 0 Å². The number of hydrogen-bond acceptors (Lipinski definition) is 5. The summed E-state index contributed by atoms with van der Waals surface area (Å²) >= 11 is 0. The van der Waals surface area contributed by atoms with Gasteiger partial charge in [0.15, 0.2) is 6.61 Å². The van der Waals surface area contributed by atoms with Crippen LogP contribution < -0.4 is 10.9 Å². The summed E-state index contributed by atoms with van der Waals surface area (Å²) in [7, 11) is 0. The lowest BCUT2D eigenvalue weighted by atomic mass is 9.99. The summed E-state index contributed by atoms with van der Waals surface area (Å²) < 4.78 is 5.06. The molecule has 1 atom stereocenters. The Kier molecular flexibility index (Phi) is 6.39. The van der Waals surface area contributed by atoms with Crippen molar-refractivity contribution < 1.29 is 14.3 Å². The molecule has 0 aliphatic heterocycles. The van der Waals surface area contributed by atoms with Crippen molar-refractivity contribution in [2.24, 2.45) is 0 Å². The van der Waals surface area contributed by atoms with Gasteiger partial charge in [0.2, 0.25) is 0 Å². The molecule has 0 fully saturated rings. The van der Waals surface area contributed by atoms with Crippen LogP contribution in [0.3, 0.4) is 0 Å². The van der Waals surface area contributed by atoms with Crippen LogP contribution in [0.1, 0.15) is 37.4 Å². The fraction of sp³-hybridized carbons (Fsp3) is 0.273. The Labute approximate surface area is 168 Å². The zero-order valence-corrected chi connectivity index (χ0v) is 16.4. The average molecular weight is 393 g/mol. The molecular formula is C22H23N3O4. The molecular weight excluding hydrogens is 370 g/mol. The first-order valence-corrected chi connectivity index (χ1v) is 9.49. The van der Waals surface area contributed by atoms with Gasteiger partial charge < -0.3 is 10.1 Å². The predicted octanol–water partition coefficient (Wildman–Crippen LogP) is 3.16. The van der Waals surface area contributed by atoms with Gasteiger partial charge in [0, 0.05) is 11.1 Å². The number of rotatable bonds is 7. The number of aromatic nitrogens is 2. The number of benzene rings is 2. The molecule has 0 aliphatic carbocycles. The van der Waals surface area contributed by atoms with Crippen molar-refractivity contribution in [3.63, 3.8) is 0 Å². The van der Waals surface area contributed by atoms with E-state index in [0.29, 0.717) is 28.1 Å². The third-order valence-electron chi connectivity index (χ3n) is 4.83. The van der Waals surface area contributed by atoms with E-state index in [1.807, 2.05) is 24.3 Å². The number of ether oxygens (including phenoxy) is 1. The normalized spacial score (nSPS) is 11.8. The summed E-state index contributed by atoms with van der Waals surface area (Å²) in [6.07, 6.45) is 0.898. The van der Waals surface area contributed by atoms with Gasteiger partial charge in [-0.15, -0.1) is 0 Å². The summed E-state index contributed by atoms with van der Waals surface area (Å²) in [6.45, 7) is 3.88. The Morgan fingerprint density at radius 1 is 1.10 bits per heavy atom. The van der Waals surface area contributed by atoms with Crippen LogP contribution in [-0.2, 0) is 20.7 Å². The van der Waals surface area contributed by atoms with Crippen LogP contribution in [0.2, 0.25) is 0 Å². The fourth-order valence-corrected chi connectivity index (χ4v) is 2.97. The molecule has 1 aromatic heterocycles. The highest BCUT2D eigenvalue weighted by Crippen LogP contribution is 2.20. The number of amides is 1. The molecule has 150 valence electrons. The first-order valence-electron chi connectivity index (χ1n) is 9.49. The van der Waals surface area contributed by atoms with E-state index in [1.165, 1.54) is 5.56 Å². The average Bonchev–Trinajstić information content (AvgIpc) is 2.74. The van der Waals surface area contributed by atoms with Gasteiger partial charge in [0.25, 0.3) is 11.5 Å². The molecule has 0 saturated heterocycles. The monoisotopic (exact) mass is 393 g/mol. The second-order valence-electron chi connectivity index (χ2n) is 6.86. The first kappa shape index (κ1) is 20.3. The first-order chi connectivity index (χ1) is 14.0. The summed E-state index contributed by atoms with van der Waals surface area (Å²) in [4.78, 5) is 36.0. The number of nitrogens with zero attached hydrogens (tertiary/aromatic N) is 1. The maximum Gasteiger partial charge on any atom is 0.312 e. The molecule has 0 spiro atoms. The Bertz CT molecular complexity index is 1070. The number of H-pyrrole nitrogens is 1. The lowest BCUT2D eigenvalue weighted by Crippen LogP contribution is -2.22.